The Hall–Kier alpha value is -2.08. The number of benzene rings is 1. The average molecular weight is 198 g/mol. The lowest BCUT2D eigenvalue weighted by atomic mass is 10.0. The molecule has 2 aromatic rings. The van der Waals surface area contributed by atoms with Crippen LogP contribution < -0.4 is 0 Å². The van der Waals surface area contributed by atoms with Crippen molar-refractivity contribution in [1.29, 1.82) is 5.26 Å². The van der Waals surface area contributed by atoms with Gasteiger partial charge in [0.25, 0.3) is 0 Å². The molecular formula is C12H10N2O. The fourth-order valence-electron chi connectivity index (χ4n) is 1.77. The van der Waals surface area contributed by atoms with E-state index in [4.69, 9.17) is 5.26 Å². The van der Waals surface area contributed by atoms with Gasteiger partial charge in [0.1, 0.15) is 0 Å². The van der Waals surface area contributed by atoms with Crippen LogP contribution in [0.2, 0.25) is 0 Å². The van der Waals surface area contributed by atoms with E-state index < -0.39 is 0 Å². The van der Waals surface area contributed by atoms with Gasteiger partial charge in [-0.3, -0.25) is 4.79 Å². The van der Waals surface area contributed by atoms with Gasteiger partial charge < -0.3 is 4.98 Å². The number of aromatic nitrogens is 1. The van der Waals surface area contributed by atoms with Crippen LogP contribution in [-0.2, 0) is 6.42 Å². The predicted octanol–water partition coefficient (Wildman–Crippen LogP) is 2.41. The van der Waals surface area contributed by atoms with Crippen LogP contribution >= 0.6 is 0 Å². The Balaban J connectivity index is 2.84. The summed E-state index contributed by atoms with van der Waals surface area (Å²) in [4.78, 5) is 13.8. The molecule has 0 saturated carbocycles. The molecule has 0 radical (unpaired) electrons. The van der Waals surface area contributed by atoms with Crippen LogP contribution in [0.1, 0.15) is 28.4 Å². The monoisotopic (exact) mass is 198 g/mol. The maximum Gasteiger partial charge on any atom is 0.152 e. The van der Waals surface area contributed by atoms with E-state index >= 15 is 0 Å². The van der Waals surface area contributed by atoms with Crippen molar-refractivity contribution in [2.24, 2.45) is 0 Å². The van der Waals surface area contributed by atoms with Gasteiger partial charge in [0.05, 0.1) is 11.6 Å². The van der Waals surface area contributed by atoms with Gasteiger partial charge in [0.2, 0.25) is 0 Å². The van der Waals surface area contributed by atoms with Gasteiger partial charge in [-0.1, -0.05) is 6.92 Å². The minimum atomic E-state index is 0.599. The van der Waals surface area contributed by atoms with Gasteiger partial charge in [-0.25, -0.2) is 0 Å². The summed E-state index contributed by atoms with van der Waals surface area (Å²) < 4.78 is 0. The molecule has 74 valence electrons. The highest BCUT2D eigenvalue weighted by Gasteiger charge is 2.08. The standard InChI is InChI=1S/C12H10N2O/c1-2-9-3-8(5-13)4-11-10(7-15)6-14-12(9)11/h3-4,6-7,14H,2H2,1H3. The summed E-state index contributed by atoms with van der Waals surface area (Å²) in [5.41, 5.74) is 3.23. The number of hydrogen-bond acceptors (Lipinski definition) is 2. The van der Waals surface area contributed by atoms with Crippen molar-refractivity contribution >= 4 is 17.2 Å². The Bertz CT molecular complexity index is 561. The first-order valence-electron chi connectivity index (χ1n) is 4.79. The van der Waals surface area contributed by atoms with Crippen LogP contribution in [0.25, 0.3) is 10.9 Å². The first-order valence-corrected chi connectivity index (χ1v) is 4.79. The number of aryl methyl sites for hydroxylation is 1. The van der Waals surface area contributed by atoms with E-state index in [-0.39, 0.29) is 0 Å². The number of carbonyl (C=O) groups excluding carboxylic acids is 1. The van der Waals surface area contributed by atoms with Crippen LogP contribution in [-0.4, -0.2) is 11.3 Å². The molecule has 0 spiro atoms. The van der Waals surface area contributed by atoms with Gasteiger partial charge in [0.15, 0.2) is 6.29 Å². The van der Waals surface area contributed by atoms with Crippen molar-refractivity contribution in [3.8, 4) is 6.07 Å². The fraction of sp³-hybridized carbons (Fsp3) is 0.167. The molecule has 1 aromatic carbocycles. The number of nitriles is 1. The lowest BCUT2D eigenvalue weighted by Crippen LogP contribution is -1.86. The number of nitrogens with zero attached hydrogens (tertiary/aromatic N) is 1. The van der Waals surface area contributed by atoms with Gasteiger partial charge in [-0.15, -0.1) is 0 Å². The highest BCUT2D eigenvalue weighted by Crippen LogP contribution is 2.23. The third-order valence-electron chi connectivity index (χ3n) is 2.54. The molecule has 1 aromatic heterocycles. The van der Waals surface area contributed by atoms with Crippen molar-refractivity contribution < 1.29 is 4.79 Å². The summed E-state index contributed by atoms with van der Waals surface area (Å²) in [5.74, 6) is 0. The zero-order chi connectivity index (χ0) is 10.8. The number of aldehydes is 1. The largest absolute Gasteiger partial charge is 0.360 e. The quantitative estimate of drug-likeness (QED) is 0.753. The van der Waals surface area contributed by atoms with Crippen molar-refractivity contribution in [3.63, 3.8) is 0 Å². The summed E-state index contributed by atoms with van der Waals surface area (Å²) in [7, 11) is 0. The number of fused-ring (bicyclic) bond motifs is 1. The van der Waals surface area contributed by atoms with E-state index in [2.05, 4.69) is 11.1 Å². The summed E-state index contributed by atoms with van der Waals surface area (Å²) in [6.07, 6.45) is 3.32. The van der Waals surface area contributed by atoms with Crippen LogP contribution in [0.3, 0.4) is 0 Å². The number of carbonyl (C=O) groups is 1. The third kappa shape index (κ3) is 1.40. The van der Waals surface area contributed by atoms with E-state index in [1.54, 1.807) is 12.3 Å². The molecule has 15 heavy (non-hydrogen) atoms. The second kappa shape index (κ2) is 3.58. The van der Waals surface area contributed by atoms with E-state index in [1.807, 2.05) is 13.0 Å². The molecule has 0 aliphatic rings. The van der Waals surface area contributed by atoms with Crippen LogP contribution in [0.4, 0.5) is 0 Å². The molecular weight excluding hydrogens is 188 g/mol. The van der Waals surface area contributed by atoms with E-state index in [9.17, 15) is 4.79 Å². The summed E-state index contributed by atoms with van der Waals surface area (Å²) in [5, 5.41) is 9.70. The van der Waals surface area contributed by atoms with Crippen molar-refractivity contribution in [2.75, 3.05) is 0 Å². The smallest absolute Gasteiger partial charge is 0.152 e. The molecule has 0 aliphatic carbocycles. The maximum absolute atomic E-state index is 10.8. The average Bonchev–Trinajstić information content (AvgIpc) is 2.70. The zero-order valence-corrected chi connectivity index (χ0v) is 8.37. The summed E-state index contributed by atoms with van der Waals surface area (Å²) in [6.45, 7) is 2.03. The zero-order valence-electron chi connectivity index (χ0n) is 8.37. The Labute approximate surface area is 87.3 Å². The number of rotatable bonds is 2. The Morgan fingerprint density at radius 3 is 2.93 bits per heavy atom. The van der Waals surface area contributed by atoms with Gasteiger partial charge >= 0.3 is 0 Å². The molecule has 0 aliphatic heterocycles. The molecule has 1 N–H and O–H groups in total. The lowest BCUT2D eigenvalue weighted by molar-refractivity contribution is 0.112. The molecule has 2 rings (SSSR count). The van der Waals surface area contributed by atoms with Crippen LogP contribution in [0.5, 0.6) is 0 Å². The lowest BCUT2D eigenvalue weighted by Gasteiger charge is -2.00. The predicted molar refractivity (Wildman–Crippen MR) is 57.8 cm³/mol. The Kier molecular flexibility index (Phi) is 2.26. The number of hydrogen-bond donors (Lipinski definition) is 1. The highest BCUT2D eigenvalue weighted by molar-refractivity contribution is 5.99. The SMILES string of the molecule is CCc1cc(C#N)cc2c(C=O)c[nH]c12. The van der Waals surface area contributed by atoms with Gasteiger partial charge in [-0.05, 0) is 24.1 Å². The summed E-state index contributed by atoms with van der Waals surface area (Å²) >= 11 is 0. The van der Waals surface area contributed by atoms with E-state index in [1.165, 1.54) is 0 Å². The molecule has 3 nitrogen and oxygen atoms in total. The molecule has 1 heterocycles. The molecule has 0 fully saturated rings. The third-order valence-corrected chi connectivity index (χ3v) is 2.54. The number of H-pyrrole nitrogens is 1. The maximum atomic E-state index is 10.8. The highest BCUT2D eigenvalue weighted by atomic mass is 16.1. The van der Waals surface area contributed by atoms with Crippen molar-refractivity contribution in [1.82, 2.24) is 4.98 Å². The topological polar surface area (TPSA) is 56.6 Å². The Morgan fingerprint density at radius 2 is 2.33 bits per heavy atom. The minimum absolute atomic E-state index is 0.599. The second-order valence-electron chi connectivity index (χ2n) is 3.39. The normalized spacial score (nSPS) is 10.1. The Morgan fingerprint density at radius 1 is 1.53 bits per heavy atom. The fourth-order valence-corrected chi connectivity index (χ4v) is 1.77. The van der Waals surface area contributed by atoms with Crippen molar-refractivity contribution in [2.45, 2.75) is 13.3 Å². The number of aromatic amines is 1. The molecule has 0 bridgehead atoms. The first kappa shape index (κ1) is 9.47. The van der Waals surface area contributed by atoms with Crippen molar-refractivity contribution in [3.05, 3.63) is 35.0 Å². The van der Waals surface area contributed by atoms with E-state index in [0.29, 0.717) is 11.1 Å². The van der Waals surface area contributed by atoms with Crippen LogP contribution in [0, 0.1) is 11.3 Å². The van der Waals surface area contributed by atoms with Gasteiger partial charge in [-0.2, -0.15) is 5.26 Å². The molecule has 0 atom stereocenters. The summed E-state index contributed by atoms with van der Waals surface area (Å²) in [6, 6.07) is 5.70. The molecule has 0 amide bonds. The minimum Gasteiger partial charge on any atom is -0.360 e. The second-order valence-corrected chi connectivity index (χ2v) is 3.39. The molecule has 0 unspecified atom stereocenters. The first-order chi connectivity index (χ1) is 7.30. The molecule has 0 saturated heterocycles. The molecule has 3 heteroatoms. The van der Waals surface area contributed by atoms with E-state index in [0.717, 1.165) is 29.2 Å². The van der Waals surface area contributed by atoms with Crippen LogP contribution in [0.15, 0.2) is 18.3 Å². The number of nitrogens with one attached hydrogen (secondary N) is 1. The van der Waals surface area contributed by atoms with Gasteiger partial charge in [0, 0.05) is 22.7 Å².